The Balaban J connectivity index is 2.61. The summed E-state index contributed by atoms with van der Waals surface area (Å²) >= 11 is 0. The highest BCUT2D eigenvalue weighted by Crippen LogP contribution is 2.02. The molecule has 0 aromatic carbocycles. The lowest BCUT2D eigenvalue weighted by Gasteiger charge is -2.09. The summed E-state index contributed by atoms with van der Waals surface area (Å²) in [6, 6.07) is -1.51. The highest BCUT2D eigenvalue weighted by Gasteiger charge is 2.23. The van der Waals surface area contributed by atoms with E-state index in [9.17, 15) is 28.8 Å². The van der Waals surface area contributed by atoms with Crippen molar-refractivity contribution in [1.82, 2.24) is 20.8 Å². The van der Waals surface area contributed by atoms with E-state index < -0.39 is 47.7 Å². The Bertz CT molecular complexity index is 755. The molecule has 1 heterocycles. The zero-order valence-corrected chi connectivity index (χ0v) is 15.0. The maximum absolute atomic E-state index is 12.0. The Kier molecular flexibility index (Phi) is 8.57. The molecule has 0 radical (unpaired) electrons. The van der Waals surface area contributed by atoms with E-state index in [0.717, 1.165) is 6.07 Å². The third-order valence-corrected chi connectivity index (χ3v) is 3.54. The lowest BCUT2D eigenvalue weighted by Crippen LogP contribution is -2.44. The normalized spacial score (nSPS) is 12.5. The van der Waals surface area contributed by atoms with Gasteiger partial charge in [0.2, 0.25) is 11.8 Å². The molecule has 14 heteroatoms. The summed E-state index contributed by atoms with van der Waals surface area (Å²) in [4.78, 5) is 68.3. The average molecular weight is 412 g/mol. The van der Waals surface area contributed by atoms with Crippen LogP contribution in [0.5, 0.6) is 0 Å². The van der Waals surface area contributed by atoms with Crippen LogP contribution in [0.25, 0.3) is 0 Å². The van der Waals surface area contributed by atoms with Crippen molar-refractivity contribution in [1.29, 1.82) is 0 Å². The quantitative estimate of drug-likeness (QED) is 0.208. The second-order valence-electron chi connectivity index (χ2n) is 5.88. The number of rotatable bonds is 10. The van der Waals surface area contributed by atoms with E-state index in [1.54, 1.807) is 0 Å². The highest BCUT2D eigenvalue weighted by atomic mass is 16.4. The summed E-state index contributed by atoms with van der Waals surface area (Å²) in [5, 5.41) is 26.6. The molecule has 0 aliphatic heterocycles. The van der Waals surface area contributed by atoms with Gasteiger partial charge in [-0.25, -0.2) is 0 Å². The number of H-pyrrole nitrogens is 1. The molecule has 0 aliphatic rings. The van der Waals surface area contributed by atoms with Gasteiger partial charge in [-0.1, -0.05) is 0 Å². The van der Waals surface area contributed by atoms with Gasteiger partial charge in [0.05, 0.1) is 12.1 Å². The van der Waals surface area contributed by atoms with Crippen LogP contribution in [0.3, 0.4) is 0 Å². The topological polar surface area (TPSA) is 248 Å². The van der Waals surface area contributed by atoms with Gasteiger partial charge in [-0.15, -0.1) is 0 Å². The minimum absolute atomic E-state index is 0.185. The standard InChI is InChI=1S/C15H20N6O8/c16-6(1-3-10(22)23)12(26)18-14(28)8-5-9(21-20-8)15(29)19-13(27)7(17)2-4-11(24)25/h5-7H,1-4,16-17H2,(H,20,21)(H,22,23)(H,24,25)(H,18,26,28)(H,19,27,29)/t6-,7-/m0/s1. The van der Waals surface area contributed by atoms with Crippen molar-refractivity contribution in [2.45, 2.75) is 37.8 Å². The number of carboxylic acid groups (broad SMARTS) is 2. The third kappa shape index (κ3) is 7.86. The number of imide groups is 2. The number of aromatic nitrogens is 2. The van der Waals surface area contributed by atoms with Crippen molar-refractivity contribution in [2.24, 2.45) is 11.5 Å². The van der Waals surface area contributed by atoms with Crippen molar-refractivity contribution < 1.29 is 39.0 Å². The van der Waals surface area contributed by atoms with Crippen molar-refractivity contribution in [3.63, 3.8) is 0 Å². The summed E-state index contributed by atoms with van der Waals surface area (Å²) in [5.74, 6) is -6.13. The molecule has 158 valence electrons. The summed E-state index contributed by atoms with van der Waals surface area (Å²) < 4.78 is 0. The number of hydrogen-bond acceptors (Lipinski definition) is 9. The molecule has 29 heavy (non-hydrogen) atoms. The molecule has 0 saturated carbocycles. The fraction of sp³-hybridized carbons (Fsp3) is 0.400. The summed E-state index contributed by atoms with van der Waals surface area (Å²) in [7, 11) is 0. The summed E-state index contributed by atoms with van der Waals surface area (Å²) in [6.07, 6.45) is -1.10. The van der Waals surface area contributed by atoms with Crippen molar-refractivity contribution >= 4 is 35.6 Å². The van der Waals surface area contributed by atoms with Gasteiger partial charge in [0.1, 0.15) is 5.69 Å². The number of nitrogens with one attached hydrogen (secondary N) is 3. The summed E-state index contributed by atoms with van der Waals surface area (Å²) in [6.45, 7) is 0. The van der Waals surface area contributed by atoms with Gasteiger partial charge in [-0.05, 0) is 12.8 Å². The molecule has 14 nitrogen and oxygen atoms in total. The predicted molar refractivity (Wildman–Crippen MR) is 93.2 cm³/mol. The zero-order valence-electron chi connectivity index (χ0n) is 15.0. The molecule has 1 aromatic rings. The fourth-order valence-corrected chi connectivity index (χ4v) is 1.92. The molecular weight excluding hydrogens is 392 g/mol. The average Bonchev–Trinajstić information content (AvgIpc) is 3.14. The zero-order chi connectivity index (χ0) is 22.1. The van der Waals surface area contributed by atoms with E-state index in [4.69, 9.17) is 21.7 Å². The Morgan fingerprint density at radius 3 is 1.79 bits per heavy atom. The lowest BCUT2D eigenvalue weighted by atomic mass is 10.1. The van der Waals surface area contributed by atoms with Crippen molar-refractivity contribution in [2.75, 3.05) is 0 Å². The fourth-order valence-electron chi connectivity index (χ4n) is 1.92. The van der Waals surface area contributed by atoms with Gasteiger partial charge < -0.3 is 21.7 Å². The number of aliphatic carboxylic acids is 2. The van der Waals surface area contributed by atoms with Crippen LogP contribution < -0.4 is 22.1 Å². The Morgan fingerprint density at radius 1 is 0.897 bits per heavy atom. The first-order valence-electron chi connectivity index (χ1n) is 8.21. The van der Waals surface area contributed by atoms with Gasteiger partial charge in [-0.2, -0.15) is 5.10 Å². The lowest BCUT2D eigenvalue weighted by molar-refractivity contribution is -0.138. The largest absolute Gasteiger partial charge is 0.481 e. The first-order chi connectivity index (χ1) is 13.5. The molecule has 0 aliphatic carbocycles. The number of nitrogens with two attached hydrogens (primary N) is 2. The van der Waals surface area contributed by atoms with E-state index in [1.165, 1.54) is 0 Å². The molecule has 0 spiro atoms. The molecule has 0 unspecified atom stereocenters. The second-order valence-corrected chi connectivity index (χ2v) is 5.88. The maximum atomic E-state index is 12.0. The second kappa shape index (κ2) is 10.6. The maximum Gasteiger partial charge on any atom is 0.303 e. The van der Waals surface area contributed by atoms with Crippen molar-refractivity contribution in [3.05, 3.63) is 17.5 Å². The molecule has 4 amide bonds. The molecule has 0 bridgehead atoms. The van der Waals surface area contributed by atoms with Crippen LogP contribution in [-0.4, -0.2) is 68.1 Å². The van der Waals surface area contributed by atoms with E-state index in [-0.39, 0.29) is 37.1 Å². The molecule has 9 N–H and O–H groups in total. The van der Waals surface area contributed by atoms with E-state index in [0.29, 0.717) is 0 Å². The minimum Gasteiger partial charge on any atom is -0.481 e. The number of carboxylic acids is 2. The van der Waals surface area contributed by atoms with Crippen LogP contribution in [0.4, 0.5) is 0 Å². The van der Waals surface area contributed by atoms with Gasteiger partial charge in [0.25, 0.3) is 11.8 Å². The van der Waals surface area contributed by atoms with Crippen LogP contribution >= 0.6 is 0 Å². The van der Waals surface area contributed by atoms with E-state index in [2.05, 4.69) is 10.2 Å². The van der Waals surface area contributed by atoms with E-state index >= 15 is 0 Å². The van der Waals surface area contributed by atoms with Crippen molar-refractivity contribution in [3.8, 4) is 0 Å². The third-order valence-electron chi connectivity index (χ3n) is 3.54. The number of carbonyl (C=O) groups excluding carboxylic acids is 4. The molecule has 2 atom stereocenters. The molecule has 0 saturated heterocycles. The molecule has 1 aromatic heterocycles. The Labute approximate surface area is 163 Å². The Hall–Kier alpha value is -3.65. The first-order valence-corrected chi connectivity index (χ1v) is 8.21. The number of aromatic amines is 1. The predicted octanol–water partition coefficient (Wildman–Crippen LogP) is -2.69. The van der Waals surface area contributed by atoms with Gasteiger partial charge >= 0.3 is 11.9 Å². The number of carbonyl (C=O) groups is 6. The minimum atomic E-state index is -1.23. The van der Waals surface area contributed by atoms with Gasteiger partial charge in [0, 0.05) is 18.9 Å². The van der Waals surface area contributed by atoms with Crippen LogP contribution in [0.15, 0.2) is 6.07 Å². The van der Waals surface area contributed by atoms with Crippen LogP contribution in [-0.2, 0) is 19.2 Å². The van der Waals surface area contributed by atoms with Gasteiger partial charge in [-0.3, -0.25) is 44.5 Å². The molecule has 1 rings (SSSR count). The van der Waals surface area contributed by atoms with Crippen LogP contribution in [0.1, 0.15) is 46.7 Å². The van der Waals surface area contributed by atoms with Crippen LogP contribution in [0.2, 0.25) is 0 Å². The van der Waals surface area contributed by atoms with E-state index in [1.807, 2.05) is 10.6 Å². The molecule has 0 fully saturated rings. The monoisotopic (exact) mass is 412 g/mol. The first kappa shape index (κ1) is 23.4. The van der Waals surface area contributed by atoms with Crippen LogP contribution in [0, 0.1) is 0 Å². The highest BCUT2D eigenvalue weighted by molar-refractivity contribution is 6.08. The van der Waals surface area contributed by atoms with Gasteiger partial charge in [0.15, 0.2) is 5.69 Å². The number of nitrogens with zero attached hydrogens (tertiary/aromatic N) is 1. The SMILES string of the molecule is N[C@@H](CCC(=O)O)C(=O)NC(=O)c1cc(C(=O)NC(=O)[C@@H](N)CCC(=O)O)[nH]n1. The number of hydrogen-bond donors (Lipinski definition) is 7. The number of amides is 4. The summed E-state index contributed by atoms with van der Waals surface area (Å²) in [5.41, 5.74) is 10.3. The Morgan fingerprint density at radius 2 is 1.34 bits per heavy atom. The molecular formula is C15H20N6O8. The smallest absolute Gasteiger partial charge is 0.303 e.